The highest BCUT2D eigenvalue weighted by Gasteiger charge is 2.44. The SMILES string of the molecule is CCCCCCC(=O)N[C@H](C(=O)N1C[C@H](O)C[C@H]1C(=O)NCc1ccc(-c2scnc2C)cc1)C(C)(C)C. The lowest BCUT2D eigenvalue weighted by atomic mass is 9.85. The van der Waals surface area contributed by atoms with E-state index in [1.165, 1.54) is 4.90 Å². The smallest absolute Gasteiger partial charge is 0.246 e. The molecule has 0 spiro atoms. The summed E-state index contributed by atoms with van der Waals surface area (Å²) < 4.78 is 0. The first-order valence-electron chi connectivity index (χ1n) is 13.6. The Balaban J connectivity index is 1.63. The minimum absolute atomic E-state index is 0.0682. The number of hydrogen-bond donors (Lipinski definition) is 3. The average molecular weight is 543 g/mol. The second kappa shape index (κ2) is 13.3. The van der Waals surface area contributed by atoms with Crippen molar-refractivity contribution in [2.75, 3.05) is 6.54 Å². The fourth-order valence-corrected chi connectivity index (χ4v) is 5.54. The van der Waals surface area contributed by atoms with E-state index in [2.05, 4.69) is 22.5 Å². The van der Waals surface area contributed by atoms with E-state index >= 15 is 0 Å². The van der Waals surface area contributed by atoms with Gasteiger partial charge in [0.25, 0.3) is 0 Å². The fourth-order valence-electron chi connectivity index (χ4n) is 4.73. The number of likely N-dealkylation sites (tertiary alicyclic amines) is 1. The summed E-state index contributed by atoms with van der Waals surface area (Å²) in [5.74, 6) is -0.802. The van der Waals surface area contributed by atoms with E-state index in [1.807, 2.05) is 57.5 Å². The molecule has 3 rings (SSSR count). The number of aliphatic hydroxyl groups excluding tert-OH is 1. The lowest BCUT2D eigenvalue weighted by Gasteiger charge is -2.35. The minimum Gasteiger partial charge on any atom is -0.391 e. The molecule has 38 heavy (non-hydrogen) atoms. The third kappa shape index (κ3) is 7.86. The van der Waals surface area contributed by atoms with Crippen molar-refractivity contribution in [3.63, 3.8) is 0 Å². The highest BCUT2D eigenvalue weighted by Crippen LogP contribution is 2.28. The molecular formula is C29H42N4O4S. The first-order valence-corrected chi connectivity index (χ1v) is 14.4. The number of aromatic nitrogens is 1. The van der Waals surface area contributed by atoms with E-state index in [9.17, 15) is 19.5 Å². The number of carbonyl (C=O) groups is 3. The second-order valence-corrected chi connectivity index (χ2v) is 12.1. The molecule has 1 aromatic heterocycles. The molecule has 208 valence electrons. The molecule has 0 radical (unpaired) electrons. The van der Waals surface area contributed by atoms with Crippen LogP contribution in [0.1, 0.15) is 77.5 Å². The van der Waals surface area contributed by atoms with Gasteiger partial charge in [-0.1, -0.05) is 71.2 Å². The van der Waals surface area contributed by atoms with Crippen molar-refractivity contribution in [2.45, 2.75) is 97.9 Å². The summed E-state index contributed by atoms with van der Waals surface area (Å²) in [5.41, 5.74) is 4.27. The largest absolute Gasteiger partial charge is 0.391 e. The molecule has 1 aliphatic rings. The fraction of sp³-hybridized carbons (Fsp3) is 0.586. The van der Waals surface area contributed by atoms with Crippen molar-refractivity contribution in [1.82, 2.24) is 20.5 Å². The van der Waals surface area contributed by atoms with Crippen LogP contribution in [0.5, 0.6) is 0 Å². The van der Waals surface area contributed by atoms with Crippen molar-refractivity contribution in [2.24, 2.45) is 5.41 Å². The van der Waals surface area contributed by atoms with E-state index in [4.69, 9.17) is 0 Å². The van der Waals surface area contributed by atoms with Crippen LogP contribution in [0.2, 0.25) is 0 Å². The number of carbonyl (C=O) groups excluding carboxylic acids is 3. The number of aryl methyl sites for hydroxylation is 1. The molecule has 3 atom stereocenters. The van der Waals surface area contributed by atoms with Crippen LogP contribution >= 0.6 is 11.3 Å². The maximum absolute atomic E-state index is 13.6. The predicted octanol–water partition coefficient (Wildman–Crippen LogP) is 4.20. The molecule has 3 amide bonds. The number of aliphatic hydroxyl groups is 1. The number of unbranched alkanes of at least 4 members (excludes halogenated alkanes) is 3. The van der Waals surface area contributed by atoms with Crippen LogP contribution in [0.3, 0.4) is 0 Å². The molecule has 1 saturated heterocycles. The molecule has 0 bridgehead atoms. The van der Waals surface area contributed by atoms with Crippen molar-refractivity contribution < 1.29 is 19.5 Å². The third-order valence-electron chi connectivity index (χ3n) is 6.97. The van der Waals surface area contributed by atoms with E-state index in [1.54, 1.807) is 11.3 Å². The van der Waals surface area contributed by atoms with Gasteiger partial charge < -0.3 is 20.6 Å². The number of benzene rings is 1. The zero-order chi connectivity index (χ0) is 27.9. The Hall–Kier alpha value is -2.78. The summed E-state index contributed by atoms with van der Waals surface area (Å²) in [5, 5.41) is 16.2. The van der Waals surface area contributed by atoms with Gasteiger partial charge in [-0.15, -0.1) is 11.3 Å². The predicted molar refractivity (Wildman–Crippen MR) is 150 cm³/mol. The van der Waals surface area contributed by atoms with E-state index in [0.29, 0.717) is 13.0 Å². The lowest BCUT2D eigenvalue weighted by Crippen LogP contribution is -2.57. The maximum Gasteiger partial charge on any atom is 0.246 e. The van der Waals surface area contributed by atoms with Crippen molar-refractivity contribution in [3.05, 3.63) is 41.0 Å². The van der Waals surface area contributed by atoms with Crippen LogP contribution in [-0.2, 0) is 20.9 Å². The molecule has 1 aromatic carbocycles. The van der Waals surface area contributed by atoms with Gasteiger partial charge in [-0.25, -0.2) is 4.98 Å². The quantitative estimate of drug-likeness (QED) is 0.369. The van der Waals surface area contributed by atoms with Gasteiger partial charge in [-0.2, -0.15) is 0 Å². The first kappa shape index (κ1) is 29.8. The van der Waals surface area contributed by atoms with Crippen LogP contribution in [0.25, 0.3) is 10.4 Å². The number of thiazole rings is 1. The van der Waals surface area contributed by atoms with Gasteiger partial charge in [-0.05, 0) is 29.9 Å². The number of β-amino-alcohol motifs (C(OH)–C–C–N with tert-alkyl or cyclic N) is 1. The number of rotatable bonds is 11. The Bertz CT molecular complexity index is 1090. The Morgan fingerprint density at radius 2 is 1.87 bits per heavy atom. The zero-order valence-corrected chi connectivity index (χ0v) is 24.1. The Morgan fingerprint density at radius 3 is 2.47 bits per heavy atom. The minimum atomic E-state index is -0.790. The Labute approximate surface area is 230 Å². The molecule has 3 N–H and O–H groups in total. The monoisotopic (exact) mass is 542 g/mol. The van der Waals surface area contributed by atoms with Gasteiger partial charge in [-0.3, -0.25) is 14.4 Å². The highest BCUT2D eigenvalue weighted by molar-refractivity contribution is 7.13. The van der Waals surface area contributed by atoms with E-state index < -0.39 is 23.6 Å². The highest BCUT2D eigenvalue weighted by atomic mass is 32.1. The molecule has 0 saturated carbocycles. The van der Waals surface area contributed by atoms with Crippen LogP contribution in [-0.4, -0.2) is 57.4 Å². The van der Waals surface area contributed by atoms with Crippen LogP contribution < -0.4 is 10.6 Å². The van der Waals surface area contributed by atoms with E-state index in [0.717, 1.165) is 47.4 Å². The molecule has 1 aliphatic heterocycles. The molecule has 0 unspecified atom stereocenters. The molecule has 9 heteroatoms. The number of amides is 3. The molecular weight excluding hydrogens is 500 g/mol. The standard InChI is InChI=1S/C29H42N4O4S/c1-6-7-8-9-10-24(35)32-26(29(3,4)5)28(37)33-17-22(34)15-23(33)27(36)30-16-20-11-13-21(14-12-20)25-19(2)31-18-38-25/h11-14,18,22-23,26,34H,6-10,15-17H2,1-5H3,(H,30,36)(H,32,35)/t22-,23+,26-/m1/s1. The number of nitrogens with zero attached hydrogens (tertiary/aromatic N) is 2. The number of hydrogen-bond acceptors (Lipinski definition) is 6. The second-order valence-electron chi connectivity index (χ2n) is 11.3. The van der Waals surface area contributed by atoms with Crippen molar-refractivity contribution in [3.8, 4) is 10.4 Å². The van der Waals surface area contributed by atoms with Gasteiger partial charge in [0.05, 0.1) is 22.2 Å². The third-order valence-corrected chi connectivity index (χ3v) is 7.95. The van der Waals surface area contributed by atoms with E-state index in [-0.39, 0.29) is 30.7 Å². The molecule has 0 aliphatic carbocycles. The molecule has 1 fully saturated rings. The topological polar surface area (TPSA) is 112 Å². The molecule has 8 nitrogen and oxygen atoms in total. The molecule has 2 aromatic rings. The Morgan fingerprint density at radius 1 is 1.16 bits per heavy atom. The van der Waals surface area contributed by atoms with Gasteiger partial charge in [0.1, 0.15) is 12.1 Å². The van der Waals surface area contributed by atoms with Gasteiger partial charge in [0, 0.05) is 25.9 Å². The normalized spacial score (nSPS) is 18.3. The summed E-state index contributed by atoms with van der Waals surface area (Å²) in [6.07, 6.45) is 3.67. The summed E-state index contributed by atoms with van der Waals surface area (Å²) in [7, 11) is 0. The van der Waals surface area contributed by atoms with Gasteiger partial charge in [0.15, 0.2) is 0 Å². The Kier molecular flexibility index (Phi) is 10.4. The van der Waals surface area contributed by atoms with Crippen molar-refractivity contribution >= 4 is 29.1 Å². The van der Waals surface area contributed by atoms with Gasteiger partial charge in [0.2, 0.25) is 17.7 Å². The summed E-state index contributed by atoms with van der Waals surface area (Å²) in [6, 6.07) is 6.37. The van der Waals surface area contributed by atoms with Crippen LogP contribution in [0.4, 0.5) is 0 Å². The lowest BCUT2D eigenvalue weighted by molar-refractivity contribution is -0.144. The van der Waals surface area contributed by atoms with Crippen LogP contribution in [0, 0.1) is 12.3 Å². The van der Waals surface area contributed by atoms with Crippen LogP contribution in [0.15, 0.2) is 29.8 Å². The summed E-state index contributed by atoms with van der Waals surface area (Å²) >= 11 is 1.59. The molecule has 2 heterocycles. The van der Waals surface area contributed by atoms with Crippen molar-refractivity contribution in [1.29, 1.82) is 0 Å². The summed E-state index contributed by atoms with van der Waals surface area (Å²) in [6.45, 7) is 10.2. The maximum atomic E-state index is 13.6. The first-order chi connectivity index (χ1) is 18.0. The summed E-state index contributed by atoms with van der Waals surface area (Å²) in [4.78, 5) is 46.3. The number of nitrogens with one attached hydrogen (secondary N) is 2. The van der Waals surface area contributed by atoms with Gasteiger partial charge >= 0.3 is 0 Å². The zero-order valence-electron chi connectivity index (χ0n) is 23.3. The average Bonchev–Trinajstić information content (AvgIpc) is 3.48.